The third kappa shape index (κ3) is 4.97. The van der Waals surface area contributed by atoms with Crippen molar-refractivity contribution in [2.45, 2.75) is 16.8 Å². The van der Waals surface area contributed by atoms with E-state index >= 15 is 0 Å². The fraction of sp³-hybridized carbons (Fsp3) is 0.364. The van der Waals surface area contributed by atoms with E-state index in [1.807, 2.05) is 0 Å². The Hall–Kier alpha value is -1.21. The number of alkyl halides is 3. The van der Waals surface area contributed by atoms with Gasteiger partial charge in [-0.1, -0.05) is 12.1 Å². The fourth-order valence-electron chi connectivity index (χ4n) is 1.24. The van der Waals surface area contributed by atoms with Gasteiger partial charge in [0, 0.05) is 18.0 Å². The van der Waals surface area contributed by atoms with E-state index in [-0.39, 0.29) is 35.4 Å². The van der Waals surface area contributed by atoms with Crippen LogP contribution < -0.4 is 5.32 Å². The molecule has 0 saturated carbocycles. The summed E-state index contributed by atoms with van der Waals surface area (Å²) in [5, 5.41) is 11.0. The summed E-state index contributed by atoms with van der Waals surface area (Å²) >= 11 is -0.315. The first-order valence-electron chi connectivity index (χ1n) is 5.18. The molecule has 0 aromatic heterocycles. The first kappa shape index (κ1) is 14.8. The number of thioether (sulfide) groups is 1. The highest BCUT2D eigenvalue weighted by Gasteiger charge is 2.31. The molecular weight excluding hydrogens is 267 g/mol. The van der Waals surface area contributed by atoms with E-state index in [4.69, 9.17) is 5.11 Å². The second-order valence-electron chi connectivity index (χ2n) is 3.38. The van der Waals surface area contributed by atoms with Crippen molar-refractivity contribution in [2.75, 3.05) is 13.2 Å². The largest absolute Gasteiger partial charge is 0.446 e. The number of nitrogens with one attached hydrogen (secondary N) is 1. The number of amides is 1. The maximum absolute atomic E-state index is 12.3. The highest BCUT2D eigenvalue weighted by atomic mass is 32.2. The fourth-order valence-corrected chi connectivity index (χ4v) is 1.91. The van der Waals surface area contributed by atoms with Crippen molar-refractivity contribution in [1.82, 2.24) is 5.32 Å². The summed E-state index contributed by atoms with van der Waals surface area (Å²) in [6.07, 6.45) is 0.361. The van der Waals surface area contributed by atoms with Crippen LogP contribution in [0.3, 0.4) is 0 Å². The molecule has 1 aromatic carbocycles. The molecule has 0 radical (unpaired) electrons. The van der Waals surface area contributed by atoms with Crippen LogP contribution in [0.5, 0.6) is 0 Å². The molecule has 2 N–H and O–H groups in total. The summed E-state index contributed by atoms with van der Waals surface area (Å²) in [6.45, 7) is 0.138. The molecule has 1 rings (SSSR count). The summed E-state index contributed by atoms with van der Waals surface area (Å²) in [4.78, 5) is 11.5. The molecule has 7 heteroatoms. The minimum atomic E-state index is -4.43. The Labute approximate surface area is 106 Å². The zero-order valence-electron chi connectivity index (χ0n) is 9.33. The Bertz CT molecular complexity index is 410. The average molecular weight is 279 g/mol. The summed E-state index contributed by atoms with van der Waals surface area (Å²) in [5.41, 5.74) is -4.45. The Morgan fingerprint density at radius 2 is 2.00 bits per heavy atom. The summed E-state index contributed by atoms with van der Waals surface area (Å²) in [6, 6.07) is 5.53. The third-order valence-corrected chi connectivity index (χ3v) is 2.79. The maximum Gasteiger partial charge on any atom is 0.446 e. The molecular formula is C11H12F3NO2S. The number of aliphatic hydroxyl groups is 1. The Balaban J connectivity index is 2.78. The first-order chi connectivity index (χ1) is 8.44. The minimum absolute atomic E-state index is 0.0160. The number of carbonyl (C=O) groups excluding carboxylic acids is 1. The molecule has 100 valence electrons. The first-order valence-corrected chi connectivity index (χ1v) is 5.99. The van der Waals surface area contributed by atoms with Crippen molar-refractivity contribution < 1.29 is 23.1 Å². The van der Waals surface area contributed by atoms with Crippen LogP contribution in [0.25, 0.3) is 0 Å². The van der Waals surface area contributed by atoms with Crippen LogP contribution in [-0.2, 0) is 0 Å². The quantitative estimate of drug-likeness (QED) is 0.643. The van der Waals surface area contributed by atoms with Gasteiger partial charge in [0.25, 0.3) is 5.91 Å². The molecule has 0 heterocycles. The van der Waals surface area contributed by atoms with Crippen LogP contribution in [0.1, 0.15) is 16.8 Å². The number of aliphatic hydroxyl groups excluding tert-OH is 1. The number of hydrogen-bond acceptors (Lipinski definition) is 3. The standard InChI is InChI=1S/C11H12F3NO2S/c12-11(13,14)18-9-5-2-1-4-8(9)10(17)15-6-3-7-16/h1-2,4-5,16H,3,6-7H2,(H,15,17). The van der Waals surface area contributed by atoms with Crippen LogP contribution in [0.4, 0.5) is 13.2 Å². The molecule has 0 atom stereocenters. The van der Waals surface area contributed by atoms with Crippen LogP contribution >= 0.6 is 11.8 Å². The van der Waals surface area contributed by atoms with Gasteiger partial charge in [-0.05, 0) is 30.3 Å². The maximum atomic E-state index is 12.3. The Morgan fingerprint density at radius 1 is 1.33 bits per heavy atom. The zero-order valence-corrected chi connectivity index (χ0v) is 10.1. The van der Waals surface area contributed by atoms with Crippen molar-refractivity contribution in [2.24, 2.45) is 0 Å². The number of benzene rings is 1. The van der Waals surface area contributed by atoms with Crippen molar-refractivity contribution in [3.8, 4) is 0 Å². The van der Waals surface area contributed by atoms with Crippen molar-refractivity contribution in [3.63, 3.8) is 0 Å². The average Bonchev–Trinajstić information content (AvgIpc) is 2.27. The monoisotopic (exact) mass is 279 g/mol. The molecule has 0 fully saturated rings. The molecule has 0 aliphatic carbocycles. The van der Waals surface area contributed by atoms with E-state index in [0.29, 0.717) is 6.42 Å². The summed E-state index contributed by atoms with van der Waals surface area (Å²) in [5.74, 6) is -0.573. The van der Waals surface area contributed by atoms with Gasteiger partial charge in [-0.2, -0.15) is 13.2 Å². The van der Waals surface area contributed by atoms with E-state index in [2.05, 4.69) is 5.32 Å². The van der Waals surface area contributed by atoms with Gasteiger partial charge in [0.1, 0.15) is 0 Å². The second-order valence-corrected chi connectivity index (χ2v) is 4.48. The number of carbonyl (C=O) groups is 1. The van der Waals surface area contributed by atoms with Gasteiger partial charge in [-0.25, -0.2) is 0 Å². The van der Waals surface area contributed by atoms with E-state index < -0.39 is 11.4 Å². The molecule has 0 spiro atoms. The molecule has 0 aliphatic heterocycles. The molecule has 1 aromatic rings. The highest BCUT2D eigenvalue weighted by Crippen LogP contribution is 2.38. The Morgan fingerprint density at radius 3 is 2.61 bits per heavy atom. The number of halogens is 3. The predicted molar refractivity (Wildman–Crippen MR) is 62.4 cm³/mol. The number of rotatable bonds is 5. The van der Waals surface area contributed by atoms with Gasteiger partial charge in [-0.3, -0.25) is 4.79 Å². The molecule has 18 heavy (non-hydrogen) atoms. The van der Waals surface area contributed by atoms with Crippen LogP contribution in [0.2, 0.25) is 0 Å². The van der Waals surface area contributed by atoms with Crippen LogP contribution in [0, 0.1) is 0 Å². The van der Waals surface area contributed by atoms with E-state index in [9.17, 15) is 18.0 Å². The van der Waals surface area contributed by atoms with E-state index in [1.165, 1.54) is 24.3 Å². The lowest BCUT2D eigenvalue weighted by molar-refractivity contribution is -0.0328. The van der Waals surface area contributed by atoms with Gasteiger partial charge in [0.15, 0.2) is 0 Å². The predicted octanol–water partition coefficient (Wildman–Crippen LogP) is 2.41. The topological polar surface area (TPSA) is 49.3 Å². The normalized spacial score (nSPS) is 11.3. The van der Waals surface area contributed by atoms with Crippen molar-refractivity contribution >= 4 is 17.7 Å². The summed E-state index contributed by atoms with van der Waals surface area (Å²) < 4.78 is 36.9. The van der Waals surface area contributed by atoms with E-state index in [1.54, 1.807) is 0 Å². The van der Waals surface area contributed by atoms with Crippen molar-refractivity contribution in [3.05, 3.63) is 29.8 Å². The second kappa shape index (κ2) is 6.65. The lowest BCUT2D eigenvalue weighted by atomic mass is 10.2. The van der Waals surface area contributed by atoms with Gasteiger partial charge < -0.3 is 10.4 Å². The SMILES string of the molecule is O=C(NCCCO)c1ccccc1SC(F)(F)F. The Kier molecular flexibility index (Phi) is 5.49. The van der Waals surface area contributed by atoms with Crippen LogP contribution in [-0.4, -0.2) is 29.7 Å². The van der Waals surface area contributed by atoms with Gasteiger partial charge in [0.05, 0.1) is 5.56 Å². The molecule has 0 bridgehead atoms. The third-order valence-electron chi connectivity index (χ3n) is 1.98. The van der Waals surface area contributed by atoms with Gasteiger partial charge in [0.2, 0.25) is 0 Å². The summed E-state index contributed by atoms with van der Waals surface area (Å²) in [7, 11) is 0. The van der Waals surface area contributed by atoms with Crippen LogP contribution in [0.15, 0.2) is 29.2 Å². The molecule has 0 aliphatic rings. The lowest BCUT2D eigenvalue weighted by Gasteiger charge is -2.10. The molecule has 0 saturated heterocycles. The van der Waals surface area contributed by atoms with Crippen molar-refractivity contribution in [1.29, 1.82) is 0 Å². The lowest BCUT2D eigenvalue weighted by Crippen LogP contribution is -2.25. The minimum Gasteiger partial charge on any atom is -0.396 e. The zero-order chi connectivity index (χ0) is 13.6. The molecule has 1 amide bonds. The van der Waals surface area contributed by atoms with Gasteiger partial charge in [-0.15, -0.1) is 0 Å². The number of hydrogen-bond donors (Lipinski definition) is 2. The smallest absolute Gasteiger partial charge is 0.396 e. The highest BCUT2D eigenvalue weighted by molar-refractivity contribution is 8.00. The van der Waals surface area contributed by atoms with E-state index in [0.717, 1.165) is 0 Å². The molecule has 0 unspecified atom stereocenters. The van der Waals surface area contributed by atoms with Gasteiger partial charge >= 0.3 is 5.51 Å². The molecule has 3 nitrogen and oxygen atoms in total.